The summed E-state index contributed by atoms with van der Waals surface area (Å²) in [5.74, 6) is 0.820. The van der Waals surface area contributed by atoms with Gasteiger partial charge in [0, 0.05) is 6.04 Å². The zero-order valence-electron chi connectivity index (χ0n) is 12.1. The molecular formula is C14H29NO2S. The van der Waals surface area contributed by atoms with Gasteiger partial charge in [-0.2, -0.15) is 0 Å². The molecule has 1 rings (SSSR count). The highest BCUT2D eigenvalue weighted by molar-refractivity contribution is 7.92. The number of hydrogen-bond acceptors (Lipinski definition) is 3. The van der Waals surface area contributed by atoms with Gasteiger partial charge in [-0.05, 0) is 31.7 Å². The largest absolute Gasteiger partial charge is 0.313 e. The van der Waals surface area contributed by atoms with Gasteiger partial charge < -0.3 is 5.32 Å². The minimum Gasteiger partial charge on any atom is -0.313 e. The van der Waals surface area contributed by atoms with Crippen LogP contribution in [0.5, 0.6) is 0 Å². The van der Waals surface area contributed by atoms with Crippen molar-refractivity contribution in [2.24, 2.45) is 5.92 Å². The highest BCUT2D eigenvalue weighted by Crippen LogP contribution is 2.25. The van der Waals surface area contributed by atoms with Crippen molar-refractivity contribution in [1.82, 2.24) is 5.32 Å². The van der Waals surface area contributed by atoms with Gasteiger partial charge in [0.1, 0.15) is 0 Å². The zero-order valence-corrected chi connectivity index (χ0v) is 12.9. The molecule has 1 saturated carbocycles. The Morgan fingerprint density at radius 1 is 1.17 bits per heavy atom. The molecule has 0 aromatic carbocycles. The molecule has 0 radical (unpaired) electrons. The first kappa shape index (κ1) is 16.0. The second kappa shape index (κ2) is 7.49. The molecule has 0 aromatic rings. The van der Waals surface area contributed by atoms with E-state index >= 15 is 0 Å². The first-order chi connectivity index (χ1) is 8.47. The van der Waals surface area contributed by atoms with Crippen LogP contribution in [0.2, 0.25) is 0 Å². The van der Waals surface area contributed by atoms with E-state index in [1.54, 1.807) is 0 Å². The monoisotopic (exact) mass is 275 g/mol. The second-order valence-electron chi connectivity index (χ2n) is 5.89. The Morgan fingerprint density at radius 2 is 1.83 bits per heavy atom. The Balaban J connectivity index is 2.73. The Kier molecular flexibility index (Phi) is 6.64. The fourth-order valence-electron chi connectivity index (χ4n) is 2.75. The molecule has 0 aromatic heterocycles. The summed E-state index contributed by atoms with van der Waals surface area (Å²) in [6.45, 7) is 7.10. The van der Waals surface area contributed by atoms with Crippen molar-refractivity contribution in [3.8, 4) is 0 Å². The standard InChI is InChI=1S/C14H29NO2S/c1-4-15-13-8-6-5-7-9-14(13)18(16,17)11-10-12(2)3/h12-15H,4-11H2,1-3H3. The van der Waals surface area contributed by atoms with Crippen LogP contribution in [0.15, 0.2) is 0 Å². The summed E-state index contributed by atoms with van der Waals surface area (Å²) in [5.41, 5.74) is 0. The summed E-state index contributed by atoms with van der Waals surface area (Å²) in [4.78, 5) is 0. The van der Waals surface area contributed by atoms with E-state index in [1.165, 1.54) is 6.42 Å². The van der Waals surface area contributed by atoms with Crippen LogP contribution in [-0.2, 0) is 9.84 Å². The third-order valence-electron chi connectivity index (χ3n) is 3.86. The third kappa shape index (κ3) is 4.88. The van der Waals surface area contributed by atoms with Gasteiger partial charge in [0.25, 0.3) is 0 Å². The summed E-state index contributed by atoms with van der Waals surface area (Å²) in [5, 5.41) is 3.24. The van der Waals surface area contributed by atoms with Crippen LogP contribution in [0.1, 0.15) is 59.3 Å². The number of nitrogens with one attached hydrogen (secondary N) is 1. The van der Waals surface area contributed by atoms with Gasteiger partial charge in [-0.3, -0.25) is 0 Å². The van der Waals surface area contributed by atoms with E-state index in [4.69, 9.17) is 0 Å². The molecule has 1 fully saturated rings. The molecule has 1 N–H and O–H groups in total. The zero-order chi connectivity index (χ0) is 13.6. The normalized spacial score (nSPS) is 26.2. The number of rotatable bonds is 6. The van der Waals surface area contributed by atoms with E-state index in [2.05, 4.69) is 26.1 Å². The van der Waals surface area contributed by atoms with Gasteiger partial charge in [0.15, 0.2) is 9.84 Å². The average Bonchev–Trinajstić information content (AvgIpc) is 2.53. The SMILES string of the molecule is CCNC1CCCCCC1S(=O)(=O)CCC(C)C. The van der Waals surface area contributed by atoms with Crippen LogP contribution in [0.3, 0.4) is 0 Å². The lowest BCUT2D eigenvalue weighted by Crippen LogP contribution is -2.44. The molecule has 0 aliphatic heterocycles. The van der Waals surface area contributed by atoms with Crippen molar-refractivity contribution in [1.29, 1.82) is 0 Å². The van der Waals surface area contributed by atoms with Gasteiger partial charge >= 0.3 is 0 Å². The van der Waals surface area contributed by atoms with Crippen LogP contribution >= 0.6 is 0 Å². The molecule has 3 nitrogen and oxygen atoms in total. The Labute approximate surface area is 113 Å². The molecule has 2 unspecified atom stereocenters. The summed E-state index contributed by atoms with van der Waals surface area (Å²) in [7, 11) is -2.94. The molecule has 1 aliphatic rings. The Hall–Kier alpha value is -0.0900. The molecule has 0 heterocycles. The first-order valence-corrected chi connectivity index (χ1v) is 9.14. The molecule has 1 aliphatic carbocycles. The molecule has 0 bridgehead atoms. The fraction of sp³-hybridized carbons (Fsp3) is 1.00. The lowest BCUT2D eigenvalue weighted by atomic mass is 10.1. The number of hydrogen-bond donors (Lipinski definition) is 1. The van der Waals surface area contributed by atoms with E-state index in [9.17, 15) is 8.42 Å². The maximum atomic E-state index is 12.5. The van der Waals surface area contributed by atoms with Crippen LogP contribution < -0.4 is 5.32 Å². The highest BCUT2D eigenvalue weighted by Gasteiger charge is 2.33. The molecule has 18 heavy (non-hydrogen) atoms. The van der Waals surface area contributed by atoms with Crippen molar-refractivity contribution in [3.05, 3.63) is 0 Å². The van der Waals surface area contributed by atoms with Crippen LogP contribution in [0, 0.1) is 5.92 Å². The van der Waals surface area contributed by atoms with E-state index in [-0.39, 0.29) is 11.3 Å². The summed E-state index contributed by atoms with van der Waals surface area (Å²) in [6, 6.07) is 0.176. The minimum absolute atomic E-state index is 0.154. The van der Waals surface area contributed by atoms with E-state index < -0.39 is 9.84 Å². The quantitative estimate of drug-likeness (QED) is 0.758. The van der Waals surface area contributed by atoms with Gasteiger partial charge in [-0.25, -0.2) is 8.42 Å². The lowest BCUT2D eigenvalue weighted by Gasteiger charge is -2.26. The van der Waals surface area contributed by atoms with Crippen LogP contribution in [0.4, 0.5) is 0 Å². The molecule has 2 atom stereocenters. The first-order valence-electron chi connectivity index (χ1n) is 7.42. The van der Waals surface area contributed by atoms with Crippen molar-refractivity contribution in [2.45, 2.75) is 70.6 Å². The third-order valence-corrected chi connectivity index (χ3v) is 6.15. The Morgan fingerprint density at radius 3 is 2.44 bits per heavy atom. The fourth-order valence-corrected chi connectivity index (χ4v) is 5.11. The number of sulfone groups is 1. The minimum atomic E-state index is -2.94. The van der Waals surface area contributed by atoms with Crippen LogP contribution in [0.25, 0.3) is 0 Å². The average molecular weight is 275 g/mol. The maximum Gasteiger partial charge on any atom is 0.154 e. The summed E-state index contributed by atoms with van der Waals surface area (Å²) < 4.78 is 25.0. The molecule has 0 amide bonds. The van der Waals surface area contributed by atoms with Crippen molar-refractivity contribution >= 4 is 9.84 Å². The smallest absolute Gasteiger partial charge is 0.154 e. The van der Waals surface area contributed by atoms with E-state index in [1.807, 2.05) is 0 Å². The van der Waals surface area contributed by atoms with Crippen molar-refractivity contribution in [2.75, 3.05) is 12.3 Å². The predicted molar refractivity (Wildman–Crippen MR) is 77.6 cm³/mol. The summed E-state index contributed by atoms with van der Waals surface area (Å²) >= 11 is 0. The molecule has 0 saturated heterocycles. The van der Waals surface area contributed by atoms with Gasteiger partial charge in [-0.15, -0.1) is 0 Å². The van der Waals surface area contributed by atoms with Crippen molar-refractivity contribution < 1.29 is 8.42 Å². The molecular weight excluding hydrogens is 246 g/mol. The second-order valence-corrected chi connectivity index (χ2v) is 8.23. The van der Waals surface area contributed by atoms with E-state index in [0.717, 1.165) is 38.6 Å². The van der Waals surface area contributed by atoms with E-state index in [0.29, 0.717) is 11.7 Å². The van der Waals surface area contributed by atoms with Crippen LogP contribution in [-0.4, -0.2) is 32.0 Å². The van der Waals surface area contributed by atoms with Crippen molar-refractivity contribution in [3.63, 3.8) is 0 Å². The lowest BCUT2D eigenvalue weighted by molar-refractivity contribution is 0.458. The maximum absolute atomic E-state index is 12.5. The van der Waals surface area contributed by atoms with Gasteiger partial charge in [0.2, 0.25) is 0 Å². The van der Waals surface area contributed by atoms with Gasteiger partial charge in [-0.1, -0.05) is 40.0 Å². The summed E-state index contributed by atoms with van der Waals surface area (Å²) in [6.07, 6.45) is 6.05. The van der Waals surface area contributed by atoms with Gasteiger partial charge in [0.05, 0.1) is 11.0 Å². The molecule has 0 spiro atoms. The highest BCUT2D eigenvalue weighted by atomic mass is 32.2. The Bertz CT molecular complexity index is 325. The molecule has 108 valence electrons. The molecule has 4 heteroatoms. The predicted octanol–water partition coefficient (Wildman–Crippen LogP) is 2.76. The topological polar surface area (TPSA) is 46.2 Å².